The van der Waals surface area contributed by atoms with Crippen LogP contribution in [0.2, 0.25) is 10.0 Å². The first kappa shape index (κ1) is 17.5. The zero-order valence-electron chi connectivity index (χ0n) is 13.0. The Hall–Kier alpha value is -2.28. The van der Waals surface area contributed by atoms with E-state index in [9.17, 15) is 9.90 Å². The maximum absolute atomic E-state index is 12.2. The number of benzene rings is 2. The summed E-state index contributed by atoms with van der Waals surface area (Å²) in [7, 11) is 0. The number of carbonyl (C=O) groups is 1. The van der Waals surface area contributed by atoms with E-state index in [1.54, 1.807) is 24.3 Å². The van der Waals surface area contributed by atoms with Crippen molar-refractivity contribution >= 4 is 40.0 Å². The first-order valence-corrected chi connectivity index (χ1v) is 8.28. The number of aliphatic hydroxyl groups is 1. The molecule has 0 radical (unpaired) electrons. The summed E-state index contributed by atoms with van der Waals surface area (Å²) in [6, 6.07) is 12.3. The Labute approximate surface area is 153 Å². The topological polar surface area (TPSA) is 87.2 Å². The number of nitrogens with zero attached hydrogens (tertiary/aromatic N) is 1. The average molecular weight is 380 g/mol. The van der Waals surface area contributed by atoms with Crippen molar-refractivity contribution in [2.45, 2.75) is 6.10 Å². The molecule has 0 saturated heterocycles. The van der Waals surface area contributed by atoms with E-state index < -0.39 is 6.10 Å². The maximum atomic E-state index is 12.2. The lowest BCUT2D eigenvalue weighted by Crippen LogP contribution is -2.35. The standard InChI is InChI=1S/C17H15Cl2N3O3/c18-12-5-3-7-14(15(12)19)25-9-10(23)8-20-17(24)16-11-4-1-2-6-13(11)21-22-16/h1-7,10,23H,8-9H2,(H,20,24)(H,21,22). The quantitative estimate of drug-likeness (QED) is 0.614. The summed E-state index contributed by atoms with van der Waals surface area (Å²) < 4.78 is 5.43. The number of nitrogens with one attached hydrogen (secondary N) is 2. The number of para-hydroxylation sites is 1. The smallest absolute Gasteiger partial charge is 0.272 e. The van der Waals surface area contributed by atoms with Crippen molar-refractivity contribution in [1.29, 1.82) is 0 Å². The molecule has 130 valence electrons. The minimum absolute atomic E-state index is 0.0121. The molecular weight excluding hydrogens is 365 g/mol. The second kappa shape index (κ2) is 7.74. The normalized spacial score (nSPS) is 12.1. The lowest BCUT2D eigenvalue weighted by molar-refractivity contribution is 0.0841. The van der Waals surface area contributed by atoms with E-state index in [1.807, 2.05) is 18.2 Å². The number of hydrogen-bond acceptors (Lipinski definition) is 4. The number of carbonyl (C=O) groups excluding carboxylic acids is 1. The van der Waals surface area contributed by atoms with Gasteiger partial charge in [0.2, 0.25) is 0 Å². The SMILES string of the molecule is O=C(NCC(O)COc1cccc(Cl)c1Cl)c1n[nH]c2ccccc12. The number of aliphatic hydroxyl groups excluding tert-OH is 1. The van der Waals surface area contributed by atoms with Gasteiger partial charge in [-0.2, -0.15) is 5.10 Å². The van der Waals surface area contributed by atoms with Gasteiger partial charge in [-0.1, -0.05) is 47.5 Å². The minimum Gasteiger partial charge on any atom is -0.489 e. The van der Waals surface area contributed by atoms with Crippen LogP contribution in [0.5, 0.6) is 5.75 Å². The third-order valence-electron chi connectivity index (χ3n) is 3.53. The van der Waals surface area contributed by atoms with E-state index in [-0.39, 0.29) is 29.8 Å². The number of halogens is 2. The van der Waals surface area contributed by atoms with Crippen LogP contribution in [0.15, 0.2) is 42.5 Å². The van der Waals surface area contributed by atoms with E-state index in [2.05, 4.69) is 15.5 Å². The molecule has 1 atom stereocenters. The molecule has 1 heterocycles. The molecule has 0 aliphatic carbocycles. The van der Waals surface area contributed by atoms with E-state index >= 15 is 0 Å². The predicted molar refractivity (Wildman–Crippen MR) is 96.4 cm³/mol. The van der Waals surface area contributed by atoms with Gasteiger partial charge in [0.25, 0.3) is 5.91 Å². The molecule has 1 aromatic heterocycles. The van der Waals surface area contributed by atoms with Crippen molar-refractivity contribution in [1.82, 2.24) is 15.5 Å². The molecule has 0 saturated carbocycles. The van der Waals surface area contributed by atoms with Crippen molar-refractivity contribution in [2.24, 2.45) is 0 Å². The zero-order valence-corrected chi connectivity index (χ0v) is 14.5. The fraction of sp³-hybridized carbons (Fsp3) is 0.176. The van der Waals surface area contributed by atoms with E-state index in [0.717, 1.165) is 10.9 Å². The van der Waals surface area contributed by atoms with Gasteiger partial charge in [0.15, 0.2) is 5.69 Å². The van der Waals surface area contributed by atoms with E-state index in [0.29, 0.717) is 10.8 Å². The molecule has 0 aliphatic rings. The second-order valence-corrected chi connectivity index (χ2v) is 6.13. The molecule has 1 unspecified atom stereocenters. The highest BCUT2D eigenvalue weighted by atomic mass is 35.5. The highest BCUT2D eigenvalue weighted by molar-refractivity contribution is 6.42. The van der Waals surface area contributed by atoms with Gasteiger partial charge in [-0.15, -0.1) is 0 Å². The molecule has 25 heavy (non-hydrogen) atoms. The summed E-state index contributed by atoms with van der Waals surface area (Å²) in [4.78, 5) is 12.2. The van der Waals surface area contributed by atoms with Crippen molar-refractivity contribution in [3.05, 3.63) is 58.2 Å². The third kappa shape index (κ3) is 4.04. The van der Waals surface area contributed by atoms with Gasteiger partial charge >= 0.3 is 0 Å². The zero-order chi connectivity index (χ0) is 17.8. The van der Waals surface area contributed by atoms with Crippen LogP contribution in [0.1, 0.15) is 10.5 Å². The van der Waals surface area contributed by atoms with Gasteiger partial charge in [0.1, 0.15) is 23.5 Å². The van der Waals surface area contributed by atoms with Crippen LogP contribution in [0.25, 0.3) is 10.9 Å². The molecule has 2 aromatic carbocycles. The van der Waals surface area contributed by atoms with Crippen LogP contribution < -0.4 is 10.1 Å². The van der Waals surface area contributed by atoms with Crippen LogP contribution >= 0.6 is 23.2 Å². The molecule has 3 aromatic rings. The van der Waals surface area contributed by atoms with Crippen molar-refractivity contribution < 1.29 is 14.6 Å². The second-order valence-electron chi connectivity index (χ2n) is 5.34. The van der Waals surface area contributed by atoms with Gasteiger partial charge in [-0.05, 0) is 18.2 Å². The maximum Gasteiger partial charge on any atom is 0.272 e. The van der Waals surface area contributed by atoms with Gasteiger partial charge in [-0.3, -0.25) is 9.89 Å². The van der Waals surface area contributed by atoms with Crippen LogP contribution in [0, 0.1) is 0 Å². The van der Waals surface area contributed by atoms with Gasteiger partial charge in [0, 0.05) is 11.9 Å². The summed E-state index contributed by atoms with van der Waals surface area (Å²) >= 11 is 11.9. The molecular formula is C17H15Cl2N3O3. The number of hydrogen-bond donors (Lipinski definition) is 3. The lowest BCUT2D eigenvalue weighted by Gasteiger charge is -2.14. The molecule has 0 spiro atoms. The number of fused-ring (bicyclic) bond motifs is 1. The molecule has 3 rings (SSSR count). The highest BCUT2D eigenvalue weighted by Crippen LogP contribution is 2.31. The summed E-state index contributed by atoms with van der Waals surface area (Å²) in [6.07, 6.45) is -0.913. The number of rotatable bonds is 6. The van der Waals surface area contributed by atoms with Gasteiger partial charge in [-0.25, -0.2) is 0 Å². The summed E-state index contributed by atoms with van der Waals surface area (Å²) in [5.41, 5.74) is 1.05. The lowest BCUT2D eigenvalue weighted by atomic mass is 10.2. The number of aromatic nitrogens is 2. The fourth-order valence-corrected chi connectivity index (χ4v) is 2.62. The summed E-state index contributed by atoms with van der Waals surface area (Å²) in [5, 5.41) is 20.8. The third-order valence-corrected chi connectivity index (χ3v) is 4.33. The summed E-state index contributed by atoms with van der Waals surface area (Å²) in [5.74, 6) is -0.00451. The first-order chi connectivity index (χ1) is 12.1. The van der Waals surface area contributed by atoms with Gasteiger partial charge in [0.05, 0.1) is 10.5 Å². The Balaban J connectivity index is 1.54. The monoisotopic (exact) mass is 379 g/mol. The van der Waals surface area contributed by atoms with E-state index in [4.69, 9.17) is 27.9 Å². The number of ether oxygens (including phenoxy) is 1. The Bertz CT molecular complexity index is 898. The molecule has 0 bridgehead atoms. The summed E-state index contributed by atoms with van der Waals surface area (Å²) in [6.45, 7) is -0.0279. The van der Waals surface area contributed by atoms with Crippen LogP contribution in [0.3, 0.4) is 0 Å². The van der Waals surface area contributed by atoms with Crippen LogP contribution in [-0.4, -0.2) is 40.5 Å². The minimum atomic E-state index is -0.913. The Morgan fingerprint density at radius 1 is 1.24 bits per heavy atom. The Morgan fingerprint density at radius 2 is 2.04 bits per heavy atom. The molecule has 1 amide bonds. The van der Waals surface area contributed by atoms with Crippen molar-refractivity contribution in [2.75, 3.05) is 13.2 Å². The molecule has 0 aliphatic heterocycles. The van der Waals surface area contributed by atoms with Gasteiger partial charge < -0.3 is 15.2 Å². The average Bonchev–Trinajstić information content (AvgIpc) is 3.05. The highest BCUT2D eigenvalue weighted by Gasteiger charge is 2.15. The van der Waals surface area contributed by atoms with Crippen molar-refractivity contribution in [3.8, 4) is 5.75 Å². The molecule has 3 N–H and O–H groups in total. The predicted octanol–water partition coefficient (Wildman–Crippen LogP) is 3.04. The molecule has 8 heteroatoms. The number of amides is 1. The number of H-pyrrole nitrogens is 1. The Kier molecular flexibility index (Phi) is 5.43. The molecule has 6 nitrogen and oxygen atoms in total. The van der Waals surface area contributed by atoms with E-state index in [1.165, 1.54) is 0 Å². The largest absolute Gasteiger partial charge is 0.489 e. The number of aromatic amines is 1. The first-order valence-electron chi connectivity index (χ1n) is 7.52. The fourth-order valence-electron chi connectivity index (χ4n) is 2.27. The van der Waals surface area contributed by atoms with Crippen molar-refractivity contribution in [3.63, 3.8) is 0 Å². The van der Waals surface area contributed by atoms with Crippen LogP contribution in [-0.2, 0) is 0 Å². The Morgan fingerprint density at radius 3 is 2.88 bits per heavy atom. The van der Waals surface area contributed by atoms with Crippen LogP contribution in [0.4, 0.5) is 0 Å². The molecule has 0 fully saturated rings.